The third-order valence-electron chi connectivity index (χ3n) is 4.84. The number of aliphatic hydroxyl groups is 1. The highest BCUT2D eigenvalue weighted by molar-refractivity contribution is 5.73. The molecule has 1 aliphatic rings. The number of hydrogen-bond donors (Lipinski definition) is 3. The fourth-order valence-corrected chi connectivity index (χ4v) is 3.30. The number of nitrogens with zero attached hydrogens (tertiary/aromatic N) is 1. The molecule has 138 valence electrons. The van der Waals surface area contributed by atoms with Gasteiger partial charge in [0, 0.05) is 32.4 Å². The molecule has 0 fully saturated rings. The van der Waals surface area contributed by atoms with Crippen molar-refractivity contribution < 1.29 is 9.90 Å². The Morgan fingerprint density at radius 2 is 2.00 bits per heavy atom. The number of benzene rings is 2. The molecule has 0 aromatic heterocycles. The molecule has 0 saturated heterocycles. The molecule has 1 atom stereocenters. The number of urea groups is 1. The highest BCUT2D eigenvalue weighted by Crippen LogP contribution is 2.29. The standard InChI is InChI=1S/C21H27N3O2/c1-24-13-11-17-14-18(9-10-19(17)24)20(25)15-23-21(26)22-12-5-8-16-6-3-2-4-7-16/h2-4,6-7,9-10,14,20,25H,5,8,11-13,15H2,1H3,(H2,22,23,26). The monoisotopic (exact) mass is 353 g/mol. The average Bonchev–Trinajstić information content (AvgIpc) is 3.04. The Kier molecular flexibility index (Phi) is 6.12. The number of anilines is 1. The van der Waals surface area contributed by atoms with E-state index in [1.807, 2.05) is 36.4 Å². The number of amides is 2. The minimum atomic E-state index is -0.693. The minimum absolute atomic E-state index is 0.207. The Hall–Kier alpha value is -2.53. The van der Waals surface area contributed by atoms with E-state index in [0.29, 0.717) is 6.54 Å². The predicted molar refractivity (Wildman–Crippen MR) is 105 cm³/mol. The summed E-state index contributed by atoms with van der Waals surface area (Å²) in [4.78, 5) is 14.1. The molecule has 3 N–H and O–H groups in total. The zero-order valence-corrected chi connectivity index (χ0v) is 15.2. The summed E-state index contributed by atoms with van der Waals surface area (Å²) in [5, 5.41) is 15.9. The zero-order valence-electron chi connectivity index (χ0n) is 15.2. The lowest BCUT2D eigenvalue weighted by atomic mass is 10.0. The van der Waals surface area contributed by atoms with Gasteiger partial charge in [-0.1, -0.05) is 42.5 Å². The molecule has 0 bridgehead atoms. The lowest BCUT2D eigenvalue weighted by Crippen LogP contribution is -2.38. The maximum Gasteiger partial charge on any atom is 0.314 e. The van der Waals surface area contributed by atoms with Gasteiger partial charge in [-0.2, -0.15) is 0 Å². The van der Waals surface area contributed by atoms with Gasteiger partial charge in [-0.15, -0.1) is 0 Å². The molecule has 2 amide bonds. The summed E-state index contributed by atoms with van der Waals surface area (Å²) in [5.41, 5.74) is 4.61. The number of aliphatic hydroxyl groups excluding tert-OH is 1. The number of carbonyl (C=O) groups excluding carboxylic acids is 1. The summed E-state index contributed by atoms with van der Waals surface area (Å²) in [6.45, 7) is 1.83. The summed E-state index contributed by atoms with van der Waals surface area (Å²) < 4.78 is 0. The van der Waals surface area contributed by atoms with E-state index < -0.39 is 6.10 Å². The fraction of sp³-hybridized carbons (Fsp3) is 0.381. The second kappa shape index (κ2) is 8.72. The topological polar surface area (TPSA) is 64.6 Å². The quantitative estimate of drug-likeness (QED) is 0.671. The molecular formula is C21H27N3O2. The van der Waals surface area contributed by atoms with Crippen LogP contribution in [0.4, 0.5) is 10.5 Å². The molecule has 5 heteroatoms. The van der Waals surface area contributed by atoms with E-state index in [4.69, 9.17) is 0 Å². The highest BCUT2D eigenvalue weighted by Gasteiger charge is 2.18. The van der Waals surface area contributed by atoms with E-state index in [9.17, 15) is 9.90 Å². The number of aryl methyl sites for hydroxylation is 1. The molecule has 1 heterocycles. The van der Waals surface area contributed by atoms with Gasteiger partial charge in [0.25, 0.3) is 0 Å². The first-order valence-corrected chi connectivity index (χ1v) is 9.21. The molecule has 2 aromatic carbocycles. The molecule has 1 unspecified atom stereocenters. The smallest absolute Gasteiger partial charge is 0.314 e. The Morgan fingerprint density at radius 1 is 1.19 bits per heavy atom. The van der Waals surface area contributed by atoms with Gasteiger partial charge in [0.1, 0.15) is 0 Å². The first-order valence-electron chi connectivity index (χ1n) is 9.21. The van der Waals surface area contributed by atoms with Crippen LogP contribution >= 0.6 is 0 Å². The molecule has 5 nitrogen and oxygen atoms in total. The normalized spacial score (nSPS) is 14.0. The lowest BCUT2D eigenvalue weighted by Gasteiger charge is -2.16. The summed E-state index contributed by atoms with van der Waals surface area (Å²) in [7, 11) is 2.08. The van der Waals surface area contributed by atoms with Gasteiger partial charge in [-0.25, -0.2) is 4.79 Å². The summed E-state index contributed by atoms with van der Waals surface area (Å²) in [5.74, 6) is 0. The molecule has 0 radical (unpaired) electrons. The van der Waals surface area contributed by atoms with Crippen molar-refractivity contribution in [3.8, 4) is 0 Å². The molecule has 3 rings (SSSR count). The number of likely N-dealkylation sites (N-methyl/N-ethyl adjacent to an activating group) is 1. The van der Waals surface area contributed by atoms with Crippen molar-refractivity contribution in [1.29, 1.82) is 0 Å². The Labute approximate surface area is 155 Å². The van der Waals surface area contributed by atoms with Gasteiger partial charge in [0.05, 0.1) is 6.10 Å². The maximum atomic E-state index is 11.9. The van der Waals surface area contributed by atoms with Crippen molar-refractivity contribution in [1.82, 2.24) is 10.6 Å². The van der Waals surface area contributed by atoms with Crippen LogP contribution in [0.1, 0.15) is 29.2 Å². The number of fused-ring (bicyclic) bond motifs is 1. The zero-order chi connectivity index (χ0) is 18.4. The van der Waals surface area contributed by atoms with E-state index in [1.165, 1.54) is 16.8 Å². The van der Waals surface area contributed by atoms with Gasteiger partial charge in [-0.3, -0.25) is 0 Å². The minimum Gasteiger partial charge on any atom is -0.387 e. The second-order valence-corrected chi connectivity index (χ2v) is 6.80. The van der Waals surface area contributed by atoms with E-state index in [-0.39, 0.29) is 12.6 Å². The van der Waals surface area contributed by atoms with Gasteiger partial charge in [0.15, 0.2) is 0 Å². The van der Waals surface area contributed by atoms with Crippen LogP contribution in [0.3, 0.4) is 0 Å². The summed E-state index contributed by atoms with van der Waals surface area (Å²) >= 11 is 0. The molecule has 0 aliphatic carbocycles. The predicted octanol–water partition coefficient (Wildman–Crippen LogP) is 2.64. The van der Waals surface area contributed by atoms with Crippen LogP contribution in [0.15, 0.2) is 48.5 Å². The Morgan fingerprint density at radius 3 is 2.81 bits per heavy atom. The molecular weight excluding hydrogens is 326 g/mol. The van der Waals surface area contributed by atoms with E-state index in [2.05, 4.69) is 34.7 Å². The second-order valence-electron chi connectivity index (χ2n) is 6.80. The average molecular weight is 353 g/mol. The van der Waals surface area contributed by atoms with Crippen molar-refractivity contribution in [3.63, 3.8) is 0 Å². The third kappa shape index (κ3) is 4.76. The van der Waals surface area contributed by atoms with Gasteiger partial charge in [0.2, 0.25) is 0 Å². The first kappa shape index (κ1) is 18.3. The van der Waals surface area contributed by atoms with Crippen LogP contribution in [0.5, 0.6) is 0 Å². The maximum absolute atomic E-state index is 11.9. The van der Waals surface area contributed by atoms with E-state index in [1.54, 1.807) is 0 Å². The number of nitrogens with one attached hydrogen (secondary N) is 2. The summed E-state index contributed by atoms with van der Waals surface area (Å²) in [6, 6.07) is 16.0. The van der Waals surface area contributed by atoms with Crippen LogP contribution in [-0.4, -0.2) is 37.8 Å². The van der Waals surface area contributed by atoms with Crippen LogP contribution in [-0.2, 0) is 12.8 Å². The van der Waals surface area contributed by atoms with Crippen LogP contribution < -0.4 is 15.5 Å². The molecule has 1 aliphatic heterocycles. The van der Waals surface area contributed by atoms with Crippen molar-refractivity contribution in [3.05, 3.63) is 65.2 Å². The Bertz CT molecular complexity index is 733. The lowest BCUT2D eigenvalue weighted by molar-refractivity contribution is 0.173. The van der Waals surface area contributed by atoms with E-state index in [0.717, 1.165) is 31.4 Å². The SMILES string of the molecule is CN1CCc2cc(C(O)CNC(=O)NCCCc3ccccc3)ccc21. The largest absolute Gasteiger partial charge is 0.387 e. The van der Waals surface area contributed by atoms with Crippen molar-refractivity contribution in [2.24, 2.45) is 0 Å². The number of rotatable bonds is 7. The van der Waals surface area contributed by atoms with Crippen LogP contribution in [0, 0.1) is 0 Å². The van der Waals surface area contributed by atoms with Crippen molar-refractivity contribution in [2.75, 3.05) is 31.6 Å². The Balaban J connectivity index is 1.37. The van der Waals surface area contributed by atoms with E-state index >= 15 is 0 Å². The fourth-order valence-electron chi connectivity index (χ4n) is 3.30. The first-order chi connectivity index (χ1) is 12.6. The van der Waals surface area contributed by atoms with Gasteiger partial charge in [-0.05, 0) is 42.0 Å². The molecule has 0 spiro atoms. The van der Waals surface area contributed by atoms with Gasteiger partial charge < -0.3 is 20.6 Å². The van der Waals surface area contributed by atoms with Crippen LogP contribution in [0.25, 0.3) is 0 Å². The molecule has 2 aromatic rings. The summed E-state index contributed by atoms with van der Waals surface area (Å²) in [6.07, 6.45) is 2.13. The number of hydrogen-bond acceptors (Lipinski definition) is 3. The van der Waals surface area contributed by atoms with Crippen molar-refractivity contribution >= 4 is 11.7 Å². The van der Waals surface area contributed by atoms with Crippen LogP contribution in [0.2, 0.25) is 0 Å². The van der Waals surface area contributed by atoms with Crippen molar-refractivity contribution in [2.45, 2.75) is 25.4 Å². The molecule has 26 heavy (non-hydrogen) atoms. The molecule has 0 saturated carbocycles. The van der Waals surface area contributed by atoms with Gasteiger partial charge >= 0.3 is 6.03 Å². The third-order valence-corrected chi connectivity index (χ3v) is 4.84. The number of carbonyl (C=O) groups is 1. The highest BCUT2D eigenvalue weighted by atomic mass is 16.3.